The van der Waals surface area contributed by atoms with Gasteiger partial charge in [-0.25, -0.2) is 0 Å². The fourth-order valence-electron chi connectivity index (χ4n) is 3.30. The van der Waals surface area contributed by atoms with Crippen LogP contribution in [0.1, 0.15) is 58.3 Å². The number of nitrogens with zero attached hydrogens (tertiary/aromatic N) is 3. The van der Waals surface area contributed by atoms with E-state index in [1.165, 1.54) is 77.5 Å². The Balaban J connectivity index is 2.03. The number of likely N-dealkylation sites (tertiary alicyclic amines) is 1. The van der Waals surface area contributed by atoms with Gasteiger partial charge in [-0.1, -0.05) is 26.2 Å². The summed E-state index contributed by atoms with van der Waals surface area (Å²) in [5.74, 6) is 0.983. The molecule has 0 unspecified atom stereocenters. The number of aliphatic imine (C=N–C) groups is 1. The molecule has 1 saturated heterocycles. The van der Waals surface area contributed by atoms with Crippen LogP contribution in [0.2, 0.25) is 0 Å². The highest BCUT2D eigenvalue weighted by atomic mass is 15.2. The molecule has 5 heteroatoms. The second kappa shape index (κ2) is 13.5. The van der Waals surface area contributed by atoms with E-state index in [1.54, 1.807) is 0 Å². The van der Waals surface area contributed by atoms with Gasteiger partial charge in [0.1, 0.15) is 0 Å². The molecule has 0 spiro atoms. The molecule has 1 aliphatic heterocycles. The molecule has 1 heterocycles. The average Bonchev–Trinajstić information content (AvgIpc) is 2.57. The van der Waals surface area contributed by atoms with Crippen LogP contribution in [0, 0.1) is 0 Å². The number of hydrogen-bond donors (Lipinski definition) is 2. The molecule has 1 fully saturated rings. The van der Waals surface area contributed by atoms with Gasteiger partial charge in [0, 0.05) is 32.7 Å². The van der Waals surface area contributed by atoms with E-state index in [1.807, 2.05) is 7.05 Å². The first-order valence-corrected chi connectivity index (χ1v) is 10.00. The first-order valence-electron chi connectivity index (χ1n) is 10.00. The summed E-state index contributed by atoms with van der Waals surface area (Å²) >= 11 is 0. The zero-order valence-corrected chi connectivity index (χ0v) is 16.6. The Labute approximate surface area is 150 Å². The molecule has 1 rings (SSSR count). The molecule has 24 heavy (non-hydrogen) atoms. The Morgan fingerprint density at radius 2 is 1.75 bits per heavy atom. The quantitative estimate of drug-likeness (QED) is 0.345. The monoisotopic (exact) mass is 339 g/mol. The predicted octanol–water partition coefficient (Wildman–Crippen LogP) is 2.54. The third-order valence-corrected chi connectivity index (χ3v) is 4.77. The molecule has 2 N–H and O–H groups in total. The highest BCUT2D eigenvalue weighted by molar-refractivity contribution is 5.79. The first kappa shape index (κ1) is 21.2. The van der Waals surface area contributed by atoms with Crippen molar-refractivity contribution in [3.8, 4) is 0 Å². The first-order chi connectivity index (χ1) is 11.7. The minimum atomic E-state index is 0.579. The smallest absolute Gasteiger partial charge is 0.191 e. The van der Waals surface area contributed by atoms with Gasteiger partial charge in [-0.15, -0.1) is 0 Å². The van der Waals surface area contributed by atoms with Gasteiger partial charge in [-0.2, -0.15) is 0 Å². The summed E-state index contributed by atoms with van der Waals surface area (Å²) in [6, 6.07) is 0.579. The zero-order valence-electron chi connectivity index (χ0n) is 16.6. The van der Waals surface area contributed by atoms with Crippen molar-refractivity contribution in [2.75, 3.05) is 53.9 Å². The number of rotatable bonds is 11. The molecule has 142 valence electrons. The van der Waals surface area contributed by atoms with Crippen LogP contribution in [0.25, 0.3) is 0 Å². The highest BCUT2D eigenvalue weighted by Gasteiger charge is 2.19. The zero-order chi connectivity index (χ0) is 17.6. The maximum Gasteiger partial charge on any atom is 0.191 e. The van der Waals surface area contributed by atoms with Crippen molar-refractivity contribution in [1.29, 1.82) is 0 Å². The van der Waals surface area contributed by atoms with Crippen molar-refractivity contribution >= 4 is 5.96 Å². The van der Waals surface area contributed by atoms with Crippen LogP contribution in [0.3, 0.4) is 0 Å². The lowest BCUT2D eigenvalue weighted by molar-refractivity contribution is 0.206. The van der Waals surface area contributed by atoms with Crippen LogP contribution in [-0.4, -0.2) is 75.7 Å². The van der Waals surface area contributed by atoms with Crippen LogP contribution in [-0.2, 0) is 0 Å². The third-order valence-electron chi connectivity index (χ3n) is 4.77. The lowest BCUT2D eigenvalue weighted by Gasteiger charge is -2.32. The average molecular weight is 340 g/mol. The molecular weight excluding hydrogens is 298 g/mol. The molecule has 0 aliphatic carbocycles. The second-order valence-electron chi connectivity index (χ2n) is 7.33. The Bertz CT molecular complexity index is 322. The maximum atomic E-state index is 4.38. The molecule has 0 atom stereocenters. The van der Waals surface area contributed by atoms with Crippen LogP contribution in [0.4, 0.5) is 0 Å². The Kier molecular flexibility index (Phi) is 11.9. The van der Waals surface area contributed by atoms with E-state index in [0.717, 1.165) is 12.5 Å². The summed E-state index contributed by atoms with van der Waals surface area (Å²) in [5.41, 5.74) is 0. The van der Waals surface area contributed by atoms with Gasteiger partial charge in [0.15, 0.2) is 5.96 Å². The summed E-state index contributed by atoms with van der Waals surface area (Å²) in [6.45, 7) is 8.19. The minimum absolute atomic E-state index is 0.579. The summed E-state index contributed by atoms with van der Waals surface area (Å²) in [5, 5.41) is 7.08. The summed E-state index contributed by atoms with van der Waals surface area (Å²) < 4.78 is 0. The van der Waals surface area contributed by atoms with Crippen molar-refractivity contribution in [3.05, 3.63) is 0 Å². The normalized spacial score (nSPS) is 17.5. The standard InChI is InChI=1S/C19H41N5/c1-5-14-24-16-11-18(12-17-24)22-19(20-2)21-13-9-7-6-8-10-15-23(3)4/h18H,5-17H2,1-4H3,(H2,20,21,22). The number of piperidine rings is 1. The van der Waals surface area contributed by atoms with Crippen molar-refractivity contribution in [3.63, 3.8) is 0 Å². The molecule has 1 aliphatic rings. The molecule has 0 aromatic rings. The van der Waals surface area contributed by atoms with E-state index in [2.05, 4.69) is 46.4 Å². The van der Waals surface area contributed by atoms with Crippen molar-refractivity contribution in [1.82, 2.24) is 20.4 Å². The molecule has 0 bridgehead atoms. The molecule has 0 aromatic carbocycles. The topological polar surface area (TPSA) is 42.9 Å². The largest absolute Gasteiger partial charge is 0.356 e. The van der Waals surface area contributed by atoms with E-state index in [4.69, 9.17) is 0 Å². The van der Waals surface area contributed by atoms with Gasteiger partial charge < -0.3 is 20.4 Å². The van der Waals surface area contributed by atoms with Crippen molar-refractivity contribution in [2.45, 2.75) is 64.3 Å². The van der Waals surface area contributed by atoms with E-state index >= 15 is 0 Å². The fraction of sp³-hybridized carbons (Fsp3) is 0.947. The van der Waals surface area contributed by atoms with E-state index in [9.17, 15) is 0 Å². The van der Waals surface area contributed by atoms with Crippen molar-refractivity contribution in [2.24, 2.45) is 4.99 Å². The molecule has 5 nitrogen and oxygen atoms in total. The summed E-state index contributed by atoms with van der Waals surface area (Å²) in [7, 11) is 6.18. The molecular formula is C19H41N5. The summed E-state index contributed by atoms with van der Waals surface area (Å²) in [6.07, 6.45) is 10.3. The van der Waals surface area contributed by atoms with Crippen LogP contribution in [0.15, 0.2) is 4.99 Å². The Morgan fingerprint density at radius 3 is 2.38 bits per heavy atom. The number of unbranched alkanes of at least 4 members (excludes halogenated alkanes) is 4. The number of nitrogens with one attached hydrogen (secondary N) is 2. The van der Waals surface area contributed by atoms with Gasteiger partial charge in [-0.05, 0) is 59.3 Å². The van der Waals surface area contributed by atoms with Gasteiger partial charge in [-0.3, -0.25) is 4.99 Å². The summed E-state index contributed by atoms with van der Waals surface area (Å²) in [4.78, 5) is 9.22. The van der Waals surface area contributed by atoms with E-state index in [-0.39, 0.29) is 0 Å². The highest BCUT2D eigenvalue weighted by Crippen LogP contribution is 2.10. The number of guanidine groups is 1. The fourth-order valence-corrected chi connectivity index (χ4v) is 3.30. The number of hydrogen-bond acceptors (Lipinski definition) is 3. The van der Waals surface area contributed by atoms with Crippen LogP contribution >= 0.6 is 0 Å². The van der Waals surface area contributed by atoms with Crippen LogP contribution < -0.4 is 10.6 Å². The predicted molar refractivity (Wildman–Crippen MR) is 106 cm³/mol. The second-order valence-corrected chi connectivity index (χ2v) is 7.33. The van der Waals surface area contributed by atoms with E-state index in [0.29, 0.717) is 6.04 Å². The molecule has 0 amide bonds. The lowest BCUT2D eigenvalue weighted by Crippen LogP contribution is -2.48. The minimum Gasteiger partial charge on any atom is -0.356 e. The SMILES string of the molecule is CCCN1CCC(NC(=NC)NCCCCCCCN(C)C)CC1. The molecule has 0 radical (unpaired) electrons. The maximum absolute atomic E-state index is 4.38. The van der Waals surface area contributed by atoms with Crippen molar-refractivity contribution < 1.29 is 0 Å². The van der Waals surface area contributed by atoms with Gasteiger partial charge in [0.2, 0.25) is 0 Å². The van der Waals surface area contributed by atoms with Crippen LogP contribution in [0.5, 0.6) is 0 Å². The van der Waals surface area contributed by atoms with Gasteiger partial charge in [0.25, 0.3) is 0 Å². The van der Waals surface area contributed by atoms with Gasteiger partial charge >= 0.3 is 0 Å². The lowest BCUT2D eigenvalue weighted by atomic mass is 10.1. The van der Waals surface area contributed by atoms with E-state index < -0.39 is 0 Å². The third kappa shape index (κ3) is 10.1. The molecule has 0 aromatic heterocycles. The Morgan fingerprint density at radius 1 is 1.08 bits per heavy atom. The van der Waals surface area contributed by atoms with Gasteiger partial charge in [0.05, 0.1) is 0 Å². The molecule has 0 saturated carbocycles. The Hall–Kier alpha value is -0.810.